The van der Waals surface area contributed by atoms with Gasteiger partial charge in [-0.2, -0.15) is 0 Å². The molecule has 0 saturated carbocycles. The number of para-hydroxylation sites is 1. The topological polar surface area (TPSA) is 66.8 Å². The average Bonchev–Trinajstić information content (AvgIpc) is 3.07. The molecule has 1 saturated heterocycles. The minimum Gasteiger partial charge on any atom is -0.507 e. The molecule has 1 aliphatic rings. The third kappa shape index (κ3) is 3.97. The standard InChI is InChI=1S/C25H19Cl2NO4/c1-2-32-18-10-6-7-15(13-18)22-21(23(29)16-11-12-19(26)20(27)14-16)24(30)25(31)28(22)17-8-4-3-5-9-17/h3-14,22,29H,2H2,1H3/b23-21-. The first-order chi connectivity index (χ1) is 15.4. The van der Waals surface area contributed by atoms with E-state index < -0.39 is 17.7 Å². The molecule has 3 aromatic carbocycles. The van der Waals surface area contributed by atoms with Gasteiger partial charge in [-0.25, -0.2) is 0 Å². The Kier molecular flexibility index (Phi) is 6.21. The molecule has 7 heteroatoms. The van der Waals surface area contributed by atoms with Crippen LogP contribution in [0.2, 0.25) is 10.0 Å². The molecule has 32 heavy (non-hydrogen) atoms. The Bertz CT molecular complexity index is 1220. The molecule has 0 radical (unpaired) electrons. The summed E-state index contributed by atoms with van der Waals surface area (Å²) >= 11 is 12.1. The molecule has 5 nitrogen and oxygen atoms in total. The zero-order valence-corrected chi connectivity index (χ0v) is 18.6. The van der Waals surface area contributed by atoms with Crippen LogP contribution in [0.5, 0.6) is 5.75 Å². The SMILES string of the molecule is CCOc1cccc(C2/C(=C(/O)c3ccc(Cl)c(Cl)c3)C(=O)C(=O)N2c2ccccc2)c1. The van der Waals surface area contributed by atoms with Gasteiger partial charge in [0, 0.05) is 11.3 Å². The normalized spacial score (nSPS) is 17.6. The third-order valence-corrected chi connectivity index (χ3v) is 5.90. The molecule has 0 bridgehead atoms. The number of Topliss-reactive ketones (excluding diaryl/α,β-unsaturated/α-hetero) is 1. The van der Waals surface area contributed by atoms with Crippen LogP contribution in [0.3, 0.4) is 0 Å². The van der Waals surface area contributed by atoms with Crippen LogP contribution in [-0.4, -0.2) is 23.4 Å². The van der Waals surface area contributed by atoms with Gasteiger partial charge in [-0.05, 0) is 55.0 Å². The lowest BCUT2D eigenvalue weighted by Crippen LogP contribution is -2.29. The van der Waals surface area contributed by atoms with Gasteiger partial charge < -0.3 is 9.84 Å². The van der Waals surface area contributed by atoms with E-state index in [1.807, 2.05) is 13.0 Å². The Morgan fingerprint density at radius 3 is 2.41 bits per heavy atom. The van der Waals surface area contributed by atoms with E-state index in [2.05, 4.69) is 0 Å². The number of amides is 1. The number of aliphatic hydroxyl groups excluding tert-OH is 1. The molecule has 162 valence electrons. The number of carbonyl (C=O) groups is 2. The Hall–Kier alpha value is -3.28. The van der Waals surface area contributed by atoms with Gasteiger partial charge in [-0.1, -0.05) is 53.5 Å². The van der Waals surface area contributed by atoms with Crippen LogP contribution in [0.4, 0.5) is 5.69 Å². The molecule has 0 spiro atoms. The highest BCUT2D eigenvalue weighted by Gasteiger charge is 2.47. The molecule has 1 aliphatic heterocycles. The van der Waals surface area contributed by atoms with Crippen molar-refractivity contribution < 1.29 is 19.4 Å². The van der Waals surface area contributed by atoms with Crippen LogP contribution in [-0.2, 0) is 9.59 Å². The fourth-order valence-corrected chi connectivity index (χ4v) is 4.04. The maximum absolute atomic E-state index is 13.2. The zero-order valence-electron chi connectivity index (χ0n) is 17.1. The van der Waals surface area contributed by atoms with Crippen molar-refractivity contribution >= 4 is 46.3 Å². The number of carbonyl (C=O) groups excluding carboxylic acids is 2. The highest BCUT2D eigenvalue weighted by molar-refractivity contribution is 6.51. The number of anilines is 1. The minimum atomic E-state index is -0.854. The second-order valence-corrected chi connectivity index (χ2v) is 7.95. The highest BCUT2D eigenvalue weighted by atomic mass is 35.5. The van der Waals surface area contributed by atoms with E-state index in [9.17, 15) is 14.7 Å². The van der Waals surface area contributed by atoms with E-state index >= 15 is 0 Å². The second-order valence-electron chi connectivity index (χ2n) is 7.14. The summed E-state index contributed by atoms with van der Waals surface area (Å²) in [5.74, 6) is -1.25. The molecular formula is C25H19Cl2NO4. The van der Waals surface area contributed by atoms with Crippen molar-refractivity contribution in [2.45, 2.75) is 13.0 Å². The van der Waals surface area contributed by atoms with Crippen molar-refractivity contribution in [3.05, 3.63) is 99.5 Å². The second kappa shape index (κ2) is 9.07. The lowest BCUT2D eigenvalue weighted by atomic mass is 9.95. The fraction of sp³-hybridized carbons (Fsp3) is 0.120. The van der Waals surface area contributed by atoms with Crippen molar-refractivity contribution in [1.82, 2.24) is 0 Å². The number of hydrogen-bond acceptors (Lipinski definition) is 4. The summed E-state index contributed by atoms with van der Waals surface area (Å²) < 4.78 is 5.61. The Morgan fingerprint density at radius 2 is 1.72 bits per heavy atom. The van der Waals surface area contributed by atoms with Gasteiger partial charge in [0.15, 0.2) is 0 Å². The van der Waals surface area contributed by atoms with E-state index in [0.717, 1.165) is 0 Å². The molecule has 1 unspecified atom stereocenters. The van der Waals surface area contributed by atoms with Crippen molar-refractivity contribution in [1.29, 1.82) is 0 Å². The number of halogens is 2. The highest BCUT2D eigenvalue weighted by Crippen LogP contribution is 2.43. The summed E-state index contributed by atoms with van der Waals surface area (Å²) in [6.07, 6.45) is 0. The Balaban J connectivity index is 1.94. The summed E-state index contributed by atoms with van der Waals surface area (Å²) in [5, 5.41) is 11.7. The maximum Gasteiger partial charge on any atom is 0.300 e. The van der Waals surface area contributed by atoms with Gasteiger partial charge in [0.05, 0.1) is 28.3 Å². The van der Waals surface area contributed by atoms with Gasteiger partial charge in [-0.15, -0.1) is 0 Å². The van der Waals surface area contributed by atoms with E-state index in [4.69, 9.17) is 27.9 Å². The van der Waals surface area contributed by atoms with Crippen molar-refractivity contribution in [2.75, 3.05) is 11.5 Å². The first-order valence-electron chi connectivity index (χ1n) is 9.96. The fourth-order valence-electron chi connectivity index (χ4n) is 3.74. The molecule has 0 aliphatic carbocycles. The molecule has 3 aromatic rings. The number of rotatable bonds is 5. The van der Waals surface area contributed by atoms with Gasteiger partial charge >= 0.3 is 0 Å². The smallest absolute Gasteiger partial charge is 0.300 e. The van der Waals surface area contributed by atoms with E-state index in [1.54, 1.807) is 54.6 Å². The van der Waals surface area contributed by atoms with Crippen LogP contribution in [0, 0.1) is 0 Å². The van der Waals surface area contributed by atoms with Crippen molar-refractivity contribution in [3.8, 4) is 5.75 Å². The van der Waals surface area contributed by atoms with Crippen molar-refractivity contribution in [3.63, 3.8) is 0 Å². The van der Waals surface area contributed by atoms with Crippen LogP contribution in [0.25, 0.3) is 5.76 Å². The number of ketones is 1. The molecule has 1 fully saturated rings. The molecule has 1 amide bonds. The summed E-state index contributed by atoms with van der Waals surface area (Å²) in [6, 6.07) is 19.7. The number of ether oxygens (including phenoxy) is 1. The number of nitrogens with zero attached hydrogens (tertiary/aromatic N) is 1. The molecule has 1 N–H and O–H groups in total. The largest absolute Gasteiger partial charge is 0.507 e. The summed E-state index contributed by atoms with van der Waals surface area (Å²) in [5.41, 5.74) is 1.41. The molecule has 1 heterocycles. The molecular weight excluding hydrogens is 449 g/mol. The summed E-state index contributed by atoms with van der Waals surface area (Å²) in [7, 11) is 0. The Morgan fingerprint density at radius 1 is 0.969 bits per heavy atom. The zero-order chi connectivity index (χ0) is 22.8. The van der Waals surface area contributed by atoms with Gasteiger partial charge in [0.25, 0.3) is 11.7 Å². The Labute approximate surface area is 195 Å². The quantitative estimate of drug-likeness (QED) is 0.283. The van der Waals surface area contributed by atoms with Gasteiger partial charge in [0.2, 0.25) is 0 Å². The predicted octanol–water partition coefficient (Wildman–Crippen LogP) is 6.02. The van der Waals surface area contributed by atoms with E-state index in [1.165, 1.54) is 17.0 Å². The molecule has 1 atom stereocenters. The van der Waals surface area contributed by atoms with E-state index in [-0.39, 0.29) is 21.9 Å². The van der Waals surface area contributed by atoms with Crippen molar-refractivity contribution in [2.24, 2.45) is 0 Å². The number of hydrogen-bond donors (Lipinski definition) is 1. The van der Waals surface area contributed by atoms with Gasteiger partial charge in [-0.3, -0.25) is 14.5 Å². The lowest BCUT2D eigenvalue weighted by molar-refractivity contribution is -0.132. The van der Waals surface area contributed by atoms with Crippen LogP contribution in [0.1, 0.15) is 24.1 Å². The summed E-state index contributed by atoms with van der Waals surface area (Å²) in [4.78, 5) is 27.7. The minimum absolute atomic E-state index is 0.0362. The maximum atomic E-state index is 13.2. The number of aliphatic hydroxyl groups is 1. The lowest BCUT2D eigenvalue weighted by Gasteiger charge is -2.25. The monoisotopic (exact) mass is 467 g/mol. The van der Waals surface area contributed by atoms with Crippen LogP contribution >= 0.6 is 23.2 Å². The van der Waals surface area contributed by atoms with E-state index in [0.29, 0.717) is 28.6 Å². The van der Waals surface area contributed by atoms with Gasteiger partial charge in [0.1, 0.15) is 11.5 Å². The number of benzene rings is 3. The third-order valence-electron chi connectivity index (χ3n) is 5.16. The average molecular weight is 468 g/mol. The van der Waals surface area contributed by atoms with Crippen LogP contribution < -0.4 is 9.64 Å². The summed E-state index contributed by atoms with van der Waals surface area (Å²) in [6.45, 7) is 2.33. The molecule has 0 aromatic heterocycles. The van der Waals surface area contributed by atoms with Crippen LogP contribution in [0.15, 0.2) is 78.4 Å². The first-order valence-corrected chi connectivity index (χ1v) is 10.7. The molecule has 4 rings (SSSR count). The first kappa shape index (κ1) is 21.9. The predicted molar refractivity (Wildman–Crippen MR) is 125 cm³/mol.